The number of thiophene rings is 1. The SMILES string of the molecule is O=C(N[C@@H]1CCN2C(=O)c3cc(-c4ccsc4)ccc3NC(=O)[C@@H]2C1)c1cccc(F)c1. The Morgan fingerprint density at radius 3 is 2.78 bits per heavy atom. The molecule has 2 atom stereocenters. The number of fused-ring (bicyclic) bond motifs is 2. The van der Waals surface area contributed by atoms with Crippen molar-refractivity contribution in [3.8, 4) is 11.1 Å². The summed E-state index contributed by atoms with van der Waals surface area (Å²) in [5.41, 5.74) is 3.13. The number of benzene rings is 2. The van der Waals surface area contributed by atoms with E-state index in [4.69, 9.17) is 0 Å². The van der Waals surface area contributed by atoms with Crippen LogP contribution in [0.4, 0.5) is 10.1 Å². The fourth-order valence-electron chi connectivity index (χ4n) is 4.30. The molecule has 2 aliphatic heterocycles. The molecule has 2 aromatic carbocycles. The van der Waals surface area contributed by atoms with Gasteiger partial charge in [-0.25, -0.2) is 4.39 Å². The van der Waals surface area contributed by atoms with E-state index in [9.17, 15) is 18.8 Å². The van der Waals surface area contributed by atoms with Gasteiger partial charge < -0.3 is 15.5 Å². The van der Waals surface area contributed by atoms with E-state index in [1.165, 1.54) is 24.3 Å². The van der Waals surface area contributed by atoms with Crippen molar-refractivity contribution in [3.63, 3.8) is 0 Å². The Bertz CT molecular complexity index is 1210. The predicted octanol–water partition coefficient (Wildman–Crippen LogP) is 3.91. The summed E-state index contributed by atoms with van der Waals surface area (Å²) in [7, 11) is 0. The van der Waals surface area contributed by atoms with E-state index in [0.717, 1.165) is 11.1 Å². The lowest BCUT2D eigenvalue weighted by Crippen LogP contribution is -2.55. The third kappa shape index (κ3) is 3.78. The quantitative estimate of drug-likeness (QED) is 0.637. The van der Waals surface area contributed by atoms with Crippen LogP contribution in [0.2, 0.25) is 0 Å². The van der Waals surface area contributed by atoms with Gasteiger partial charge in [-0.2, -0.15) is 11.3 Å². The second kappa shape index (κ2) is 8.20. The molecule has 0 bridgehead atoms. The highest BCUT2D eigenvalue weighted by molar-refractivity contribution is 7.08. The van der Waals surface area contributed by atoms with Gasteiger partial charge in [0.25, 0.3) is 11.8 Å². The standard InChI is InChI=1S/C24H20FN3O3S/c25-17-3-1-2-15(10-17)22(29)26-18-6-8-28-21(12-18)23(30)27-20-5-4-14(11-19(20)24(28)31)16-7-9-32-13-16/h1-5,7,9-11,13,18,21H,6,8,12H2,(H,26,29)(H,27,30)/t18-,21+/m1/s1. The van der Waals surface area contributed by atoms with Crippen molar-refractivity contribution in [1.29, 1.82) is 0 Å². The highest BCUT2D eigenvalue weighted by Crippen LogP contribution is 2.32. The molecule has 3 amide bonds. The number of amides is 3. The summed E-state index contributed by atoms with van der Waals surface area (Å²) in [6.07, 6.45) is 0.806. The first-order valence-corrected chi connectivity index (χ1v) is 11.3. The first kappa shape index (κ1) is 20.4. The van der Waals surface area contributed by atoms with Crippen molar-refractivity contribution >= 4 is 34.7 Å². The maximum Gasteiger partial charge on any atom is 0.256 e. The lowest BCUT2D eigenvalue weighted by molar-refractivity contribution is -0.121. The first-order valence-electron chi connectivity index (χ1n) is 10.3. The number of hydrogen-bond acceptors (Lipinski definition) is 4. The number of piperidine rings is 1. The third-order valence-corrected chi connectivity index (χ3v) is 6.63. The van der Waals surface area contributed by atoms with Crippen LogP contribution in [0.5, 0.6) is 0 Å². The average Bonchev–Trinajstić information content (AvgIpc) is 3.31. The zero-order valence-electron chi connectivity index (χ0n) is 17.0. The van der Waals surface area contributed by atoms with E-state index in [1.54, 1.807) is 22.3 Å². The first-order chi connectivity index (χ1) is 15.5. The minimum Gasteiger partial charge on any atom is -0.349 e. The minimum absolute atomic E-state index is 0.199. The smallest absolute Gasteiger partial charge is 0.256 e. The Morgan fingerprint density at radius 2 is 2.00 bits per heavy atom. The second-order valence-electron chi connectivity index (χ2n) is 7.98. The maximum atomic E-state index is 13.4. The molecule has 0 radical (unpaired) electrons. The van der Waals surface area contributed by atoms with Crippen LogP contribution in [-0.2, 0) is 4.79 Å². The number of rotatable bonds is 3. The van der Waals surface area contributed by atoms with Crippen LogP contribution in [0, 0.1) is 5.82 Å². The summed E-state index contributed by atoms with van der Waals surface area (Å²) in [5.74, 6) is -1.35. The third-order valence-electron chi connectivity index (χ3n) is 5.95. The summed E-state index contributed by atoms with van der Waals surface area (Å²) in [5, 5.41) is 9.74. The Labute approximate surface area is 188 Å². The molecule has 2 N–H and O–H groups in total. The summed E-state index contributed by atoms with van der Waals surface area (Å²) in [4.78, 5) is 40.4. The van der Waals surface area contributed by atoms with Crippen LogP contribution in [0.15, 0.2) is 59.3 Å². The molecule has 5 rings (SSSR count). The molecule has 2 aliphatic rings. The predicted molar refractivity (Wildman–Crippen MR) is 120 cm³/mol. The molecule has 0 aliphatic carbocycles. The molecule has 0 saturated carbocycles. The number of halogens is 1. The number of carbonyl (C=O) groups excluding carboxylic acids is 3. The Kier molecular flexibility index (Phi) is 5.22. The highest BCUT2D eigenvalue weighted by atomic mass is 32.1. The molecule has 1 saturated heterocycles. The lowest BCUT2D eigenvalue weighted by atomic mass is 9.95. The summed E-state index contributed by atoms with van der Waals surface area (Å²) < 4.78 is 13.4. The normalized spacial score (nSPS) is 20.1. The van der Waals surface area contributed by atoms with Gasteiger partial charge in [0, 0.05) is 18.2 Å². The molecule has 0 spiro atoms. The van der Waals surface area contributed by atoms with E-state index in [0.29, 0.717) is 30.6 Å². The van der Waals surface area contributed by atoms with Gasteiger partial charge in [-0.3, -0.25) is 14.4 Å². The molecule has 32 heavy (non-hydrogen) atoms. The van der Waals surface area contributed by atoms with Gasteiger partial charge in [-0.1, -0.05) is 12.1 Å². The minimum atomic E-state index is -0.689. The van der Waals surface area contributed by atoms with Crippen LogP contribution in [0.1, 0.15) is 33.6 Å². The van der Waals surface area contributed by atoms with Gasteiger partial charge in [-0.15, -0.1) is 0 Å². The van der Waals surface area contributed by atoms with Crippen molar-refractivity contribution in [3.05, 3.63) is 76.2 Å². The average molecular weight is 450 g/mol. The summed E-state index contributed by atoms with van der Waals surface area (Å²) >= 11 is 1.58. The van der Waals surface area contributed by atoms with E-state index in [-0.39, 0.29) is 23.4 Å². The monoisotopic (exact) mass is 449 g/mol. The molecular formula is C24H20FN3O3S. The molecule has 162 valence electrons. The Balaban J connectivity index is 1.36. The number of nitrogens with one attached hydrogen (secondary N) is 2. The fraction of sp³-hybridized carbons (Fsp3) is 0.208. The van der Waals surface area contributed by atoms with E-state index in [2.05, 4.69) is 10.6 Å². The molecule has 1 fully saturated rings. The van der Waals surface area contributed by atoms with Crippen LogP contribution >= 0.6 is 11.3 Å². The van der Waals surface area contributed by atoms with Gasteiger partial charge in [0.15, 0.2) is 0 Å². The van der Waals surface area contributed by atoms with Gasteiger partial charge in [0.1, 0.15) is 11.9 Å². The lowest BCUT2D eigenvalue weighted by Gasteiger charge is -2.37. The fourth-order valence-corrected chi connectivity index (χ4v) is 4.96. The Morgan fingerprint density at radius 1 is 1.12 bits per heavy atom. The largest absolute Gasteiger partial charge is 0.349 e. The van der Waals surface area contributed by atoms with Crippen molar-refractivity contribution in [1.82, 2.24) is 10.2 Å². The topological polar surface area (TPSA) is 78.5 Å². The zero-order chi connectivity index (χ0) is 22.2. The molecule has 3 aromatic rings. The van der Waals surface area contributed by atoms with Gasteiger partial charge in [0.2, 0.25) is 5.91 Å². The van der Waals surface area contributed by atoms with Crippen molar-refractivity contribution < 1.29 is 18.8 Å². The summed E-state index contributed by atoms with van der Waals surface area (Å²) in [6, 6.07) is 11.9. The van der Waals surface area contributed by atoms with Crippen LogP contribution in [0.25, 0.3) is 11.1 Å². The molecule has 3 heterocycles. The maximum absolute atomic E-state index is 13.4. The number of hydrogen-bond donors (Lipinski definition) is 2. The number of carbonyl (C=O) groups is 3. The van der Waals surface area contributed by atoms with Crippen molar-refractivity contribution in [2.45, 2.75) is 24.9 Å². The summed E-state index contributed by atoms with van der Waals surface area (Å²) in [6.45, 7) is 0.340. The number of nitrogens with zero attached hydrogens (tertiary/aromatic N) is 1. The van der Waals surface area contributed by atoms with Gasteiger partial charge in [0.05, 0.1) is 11.3 Å². The van der Waals surface area contributed by atoms with E-state index in [1.807, 2.05) is 29.0 Å². The number of anilines is 1. The molecule has 0 unspecified atom stereocenters. The van der Waals surface area contributed by atoms with Gasteiger partial charge in [-0.05, 0) is 71.1 Å². The Hall–Kier alpha value is -3.52. The van der Waals surface area contributed by atoms with Gasteiger partial charge >= 0.3 is 0 Å². The van der Waals surface area contributed by atoms with Crippen molar-refractivity contribution in [2.24, 2.45) is 0 Å². The second-order valence-corrected chi connectivity index (χ2v) is 8.76. The zero-order valence-corrected chi connectivity index (χ0v) is 17.8. The molecular weight excluding hydrogens is 429 g/mol. The van der Waals surface area contributed by atoms with E-state index >= 15 is 0 Å². The highest BCUT2D eigenvalue weighted by Gasteiger charge is 2.40. The van der Waals surface area contributed by atoms with Crippen LogP contribution < -0.4 is 10.6 Å². The van der Waals surface area contributed by atoms with Crippen LogP contribution in [0.3, 0.4) is 0 Å². The van der Waals surface area contributed by atoms with Crippen molar-refractivity contribution in [2.75, 3.05) is 11.9 Å². The molecule has 1 aromatic heterocycles. The van der Waals surface area contributed by atoms with Crippen LogP contribution in [-0.4, -0.2) is 41.2 Å². The molecule has 8 heteroatoms. The van der Waals surface area contributed by atoms with E-state index < -0.39 is 17.8 Å². The molecule has 6 nitrogen and oxygen atoms in total.